The summed E-state index contributed by atoms with van der Waals surface area (Å²) in [6.45, 7) is 3.09. The number of benzene rings is 1. The normalized spacial score (nSPS) is 14.4. The summed E-state index contributed by atoms with van der Waals surface area (Å²) in [5.41, 5.74) is 3.10. The summed E-state index contributed by atoms with van der Waals surface area (Å²) in [6.07, 6.45) is 2.59. The van der Waals surface area contributed by atoms with Crippen LogP contribution in [0, 0.1) is 5.82 Å². The second-order valence-corrected chi connectivity index (χ2v) is 7.84. The highest BCUT2D eigenvalue weighted by Gasteiger charge is 2.19. The van der Waals surface area contributed by atoms with Gasteiger partial charge in [-0.05, 0) is 37.6 Å². The van der Waals surface area contributed by atoms with Crippen molar-refractivity contribution in [2.45, 2.75) is 32.4 Å². The van der Waals surface area contributed by atoms with E-state index in [1.807, 2.05) is 18.2 Å². The quantitative estimate of drug-likeness (QED) is 0.415. The van der Waals surface area contributed by atoms with Crippen LogP contribution in [-0.2, 0) is 13.1 Å². The van der Waals surface area contributed by atoms with E-state index in [1.165, 1.54) is 29.3 Å². The minimum Gasteiger partial charge on any atom is -0.415 e. The summed E-state index contributed by atoms with van der Waals surface area (Å²) in [5.74, 6) is -1.69. The fourth-order valence-electron chi connectivity index (χ4n) is 3.88. The number of hydrogen-bond donors (Lipinski definition) is 0. The van der Waals surface area contributed by atoms with Crippen molar-refractivity contribution in [3.63, 3.8) is 0 Å². The summed E-state index contributed by atoms with van der Waals surface area (Å²) < 4.78 is 46.3. The number of alkyl halides is 2. The van der Waals surface area contributed by atoms with E-state index in [2.05, 4.69) is 36.5 Å². The van der Waals surface area contributed by atoms with Gasteiger partial charge in [0.05, 0.1) is 24.0 Å². The van der Waals surface area contributed by atoms with E-state index in [0.717, 1.165) is 31.3 Å². The van der Waals surface area contributed by atoms with Crippen molar-refractivity contribution >= 4 is 0 Å². The van der Waals surface area contributed by atoms with Gasteiger partial charge in [0.15, 0.2) is 0 Å². The highest BCUT2D eigenvalue weighted by Crippen LogP contribution is 2.26. The summed E-state index contributed by atoms with van der Waals surface area (Å²) in [6, 6.07) is 9.18. The van der Waals surface area contributed by atoms with Crippen LogP contribution in [0.4, 0.5) is 13.2 Å². The molecule has 33 heavy (non-hydrogen) atoms. The number of aromatic nitrogens is 6. The van der Waals surface area contributed by atoms with E-state index in [9.17, 15) is 13.2 Å². The lowest BCUT2D eigenvalue weighted by molar-refractivity contribution is 0.116. The van der Waals surface area contributed by atoms with Gasteiger partial charge in [-0.2, -0.15) is 8.78 Å². The van der Waals surface area contributed by atoms with Gasteiger partial charge in [-0.25, -0.2) is 9.07 Å². The maximum atomic E-state index is 14.6. The molecule has 1 saturated heterocycles. The molecule has 1 aliphatic rings. The molecule has 1 fully saturated rings. The zero-order chi connectivity index (χ0) is 22.8. The van der Waals surface area contributed by atoms with Crippen LogP contribution in [0.2, 0.25) is 0 Å². The lowest BCUT2D eigenvalue weighted by atomic mass is 10.0. The largest absolute Gasteiger partial charge is 0.415 e. The molecule has 0 amide bonds. The molecule has 0 radical (unpaired) electrons. The Balaban J connectivity index is 1.33. The predicted molar refractivity (Wildman–Crippen MR) is 112 cm³/mol. The third kappa shape index (κ3) is 4.63. The van der Waals surface area contributed by atoms with Crippen LogP contribution in [0.5, 0.6) is 0 Å². The van der Waals surface area contributed by atoms with Crippen LogP contribution >= 0.6 is 0 Å². The topological polar surface area (TPSA) is 85.8 Å². The maximum absolute atomic E-state index is 14.6. The first-order valence-corrected chi connectivity index (χ1v) is 10.5. The van der Waals surface area contributed by atoms with Crippen LogP contribution in [0.15, 0.2) is 47.1 Å². The Kier molecular flexibility index (Phi) is 5.86. The monoisotopic (exact) mass is 455 g/mol. The third-order valence-corrected chi connectivity index (χ3v) is 5.53. The molecule has 1 aliphatic heterocycles. The number of hydrogen-bond acceptors (Lipinski definition) is 7. The number of halogens is 3. The van der Waals surface area contributed by atoms with Crippen molar-refractivity contribution in [2.24, 2.45) is 0 Å². The molecule has 4 heterocycles. The summed E-state index contributed by atoms with van der Waals surface area (Å²) in [5, 5.41) is 15.1. The second kappa shape index (κ2) is 9.10. The van der Waals surface area contributed by atoms with Gasteiger partial charge in [0.1, 0.15) is 11.5 Å². The molecule has 3 aromatic heterocycles. The Morgan fingerprint density at radius 3 is 2.61 bits per heavy atom. The van der Waals surface area contributed by atoms with Crippen molar-refractivity contribution < 1.29 is 17.6 Å². The van der Waals surface area contributed by atoms with E-state index in [-0.39, 0.29) is 23.7 Å². The summed E-state index contributed by atoms with van der Waals surface area (Å²) >= 11 is 0. The standard InChI is InChI=1S/C22H20F3N7O/c23-17-9-15(21-28-29-22(33-21)20(24)25)10-26-19(17)13-32-12-18(27-30-32)16-6-2-1-5-14(16)11-31-7-3-4-8-31/h1-2,5-6,9-10,12,20H,3-4,7-8,11,13H2. The summed E-state index contributed by atoms with van der Waals surface area (Å²) in [4.78, 5) is 6.50. The van der Waals surface area contributed by atoms with Gasteiger partial charge < -0.3 is 4.42 Å². The first kappa shape index (κ1) is 21.3. The van der Waals surface area contributed by atoms with E-state index >= 15 is 0 Å². The molecular weight excluding hydrogens is 435 g/mol. The number of nitrogens with zero attached hydrogens (tertiary/aromatic N) is 7. The van der Waals surface area contributed by atoms with Crippen LogP contribution in [0.25, 0.3) is 22.7 Å². The van der Waals surface area contributed by atoms with Gasteiger partial charge in [-0.15, -0.1) is 15.3 Å². The van der Waals surface area contributed by atoms with Crippen molar-refractivity contribution in [1.29, 1.82) is 0 Å². The van der Waals surface area contributed by atoms with E-state index in [4.69, 9.17) is 4.42 Å². The second-order valence-electron chi connectivity index (χ2n) is 7.84. The molecule has 0 atom stereocenters. The van der Waals surface area contributed by atoms with Crippen LogP contribution < -0.4 is 0 Å². The van der Waals surface area contributed by atoms with E-state index in [0.29, 0.717) is 5.69 Å². The highest BCUT2D eigenvalue weighted by atomic mass is 19.3. The Morgan fingerprint density at radius 2 is 1.85 bits per heavy atom. The van der Waals surface area contributed by atoms with Crippen LogP contribution in [-0.4, -0.2) is 48.2 Å². The molecule has 170 valence electrons. The molecule has 8 nitrogen and oxygen atoms in total. The SMILES string of the molecule is Fc1cc(-c2nnc(C(F)F)o2)cnc1Cn1cc(-c2ccccc2CN2CCCC2)nn1. The number of rotatable bonds is 7. The number of likely N-dealkylation sites (tertiary alicyclic amines) is 1. The average molecular weight is 455 g/mol. The molecule has 5 rings (SSSR count). The molecule has 11 heteroatoms. The zero-order valence-corrected chi connectivity index (χ0v) is 17.5. The van der Waals surface area contributed by atoms with E-state index < -0.39 is 18.1 Å². The first-order chi connectivity index (χ1) is 16.1. The van der Waals surface area contributed by atoms with Crippen LogP contribution in [0.1, 0.15) is 36.4 Å². The molecule has 0 N–H and O–H groups in total. The van der Waals surface area contributed by atoms with E-state index in [1.54, 1.807) is 6.20 Å². The molecule has 1 aromatic carbocycles. The van der Waals surface area contributed by atoms with Gasteiger partial charge in [0.2, 0.25) is 5.89 Å². The molecular formula is C22H20F3N7O. The minimum absolute atomic E-state index is 0.0551. The first-order valence-electron chi connectivity index (χ1n) is 10.5. The van der Waals surface area contributed by atoms with Gasteiger partial charge in [-0.1, -0.05) is 29.5 Å². The van der Waals surface area contributed by atoms with Gasteiger partial charge in [-0.3, -0.25) is 9.88 Å². The van der Waals surface area contributed by atoms with Gasteiger partial charge in [0, 0.05) is 18.3 Å². The highest BCUT2D eigenvalue weighted by molar-refractivity contribution is 5.62. The molecule has 0 saturated carbocycles. The molecule has 4 aromatic rings. The van der Waals surface area contributed by atoms with Crippen molar-refractivity contribution in [3.05, 3.63) is 65.7 Å². The fraction of sp³-hybridized carbons (Fsp3) is 0.318. The van der Waals surface area contributed by atoms with Gasteiger partial charge >= 0.3 is 6.43 Å². The Morgan fingerprint density at radius 1 is 1.03 bits per heavy atom. The van der Waals surface area contributed by atoms with Crippen molar-refractivity contribution in [1.82, 2.24) is 35.1 Å². The molecule has 0 aliphatic carbocycles. The average Bonchev–Trinajstić information content (AvgIpc) is 3.58. The minimum atomic E-state index is -2.90. The Bertz CT molecular complexity index is 1250. The van der Waals surface area contributed by atoms with Gasteiger partial charge in [0.25, 0.3) is 5.89 Å². The smallest absolute Gasteiger partial charge is 0.314 e. The zero-order valence-electron chi connectivity index (χ0n) is 17.5. The summed E-state index contributed by atoms with van der Waals surface area (Å²) in [7, 11) is 0. The lowest BCUT2D eigenvalue weighted by Gasteiger charge is -2.16. The molecule has 0 bridgehead atoms. The van der Waals surface area contributed by atoms with Crippen molar-refractivity contribution in [3.8, 4) is 22.7 Å². The van der Waals surface area contributed by atoms with Crippen molar-refractivity contribution in [2.75, 3.05) is 13.1 Å². The molecule has 0 unspecified atom stereocenters. The Hall–Kier alpha value is -3.60. The van der Waals surface area contributed by atoms with Crippen LogP contribution in [0.3, 0.4) is 0 Å². The fourth-order valence-corrected chi connectivity index (χ4v) is 3.88. The maximum Gasteiger partial charge on any atom is 0.314 e. The predicted octanol–water partition coefficient (Wildman–Crippen LogP) is 4.11. The number of pyridine rings is 1. The molecule has 0 spiro atoms. The lowest BCUT2D eigenvalue weighted by Crippen LogP contribution is -2.18. The third-order valence-electron chi connectivity index (χ3n) is 5.53. The Labute approximate surface area is 187 Å².